The molecule has 0 unspecified atom stereocenters. The first-order valence-electron chi connectivity index (χ1n) is 8.87. The Morgan fingerprint density at radius 3 is 2.60 bits per heavy atom. The fourth-order valence-electron chi connectivity index (χ4n) is 2.83. The number of ether oxygens (including phenoxy) is 1. The number of halogens is 3. The molecule has 30 heavy (non-hydrogen) atoms. The number of hydrogen-bond acceptors (Lipinski definition) is 5. The summed E-state index contributed by atoms with van der Waals surface area (Å²) in [7, 11) is 2.95. The highest BCUT2D eigenvalue weighted by Gasteiger charge is 2.36. The lowest BCUT2D eigenvalue weighted by Gasteiger charge is -2.16. The molecular formula is C20H19F3N4O2S. The van der Waals surface area contributed by atoms with Gasteiger partial charge in [-0.15, -0.1) is 10.2 Å². The molecule has 3 aromatic rings. The zero-order valence-corrected chi connectivity index (χ0v) is 17.2. The van der Waals surface area contributed by atoms with Crippen molar-refractivity contribution in [1.29, 1.82) is 0 Å². The molecule has 1 N–H and O–H groups in total. The van der Waals surface area contributed by atoms with Gasteiger partial charge in [0.1, 0.15) is 12.1 Å². The number of hydrogen-bond donors (Lipinski definition) is 1. The molecule has 2 aromatic carbocycles. The van der Waals surface area contributed by atoms with Crippen LogP contribution in [0.3, 0.4) is 0 Å². The summed E-state index contributed by atoms with van der Waals surface area (Å²) in [6.45, 7) is 1.98. The second kappa shape index (κ2) is 8.78. The highest BCUT2D eigenvalue weighted by atomic mass is 32.2. The maximum atomic E-state index is 13.2. The molecule has 1 aromatic heterocycles. The molecule has 0 saturated carbocycles. The minimum absolute atomic E-state index is 0.00726. The van der Waals surface area contributed by atoms with E-state index in [-0.39, 0.29) is 10.8 Å². The second-order valence-corrected chi connectivity index (χ2v) is 7.76. The number of benzene rings is 2. The van der Waals surface area contributed by atoms with E-state index in [0.717, 1.165) is 23.9 Å². The number of methoxy groups -OCH3 is 1. The van der Waals surface area contributed by atoms with Crippen LogP contribution >= 0.6 is 11.8 Å². The fourth-order valence-corrected chi connectivity index (χ4v) is 3.74. The summed E-state index contributed by atoms with van der Waals surface area (Å²) in [5.74, 6) is -1.20. The number of thioether (sulfide) groups is 1. The molecule has 0 aliphatic carbocycles. The molecule has 0 radical (unpaired) electrons. The van der Waals surface area contributed by atoms with Crippen LogP contribution in [0.15, 0.2) is 53.9 Å². The van der Waals surface area contributed by atoms with Crippen LogP contribution in [-0.4, -0.2) is 27.8 Å². The van der Waals surface area contributed by atoms with Crippen molar-refractivity contribution in [2.75, 3.05) is 12.4 Å². The predicted molar refractivity (Wildman–Crippen MR) is 108 cm³/mol. The number of rotatable bonds is 6. The summed E-state index contributed by atoms with van der Waals surface area (Å²) in [6.07, 6.45) is -3.03. The van der Waals surface area contributed by atoms with E-state index in [2.05, 4.69) is 15.5 Å². The Labute approximate surface area is 175 Å². The van der Waals surface area contributed by atoms with Crippen LogP contribution in [0.1, 0.15) is 33.7 Å². The smallest absolute Gasteiger partial charge is 0.419 e. The van der Waals surface area contributed by atoms with Crippen LogP contribution in [0, 0.1) is 0 Å². The summed E-state index contributed by atoms with van der Waals surface area (Å²) in [6, 6.07) is 10.4. The molecule has 0 spiro atoms. The zero-order valence-electron chi connectivity index (χ0n) is 16.4. The number of aromatic nitrogens is 3. The molecule has 0 aliphatic heterocycles. The van der Waals surface area contributed by atoms with Gasteiger partial charge in [-0.3, -0.25) is 4.79 Å². The number of anilines is 1. The third-order valence-electron chi connectivity index (χ3n) is 4.34. The fraction of sp³-hybridized carbons (Fsp3) is 0.250. The van der Waals surface area contributed by atoms with E-state index < -0.39 is 23.4 Å². The van der Waals surface area contributed by atoms with Crippen molar-refractivity contribution in [2.24, 2.45) is 7.05 Å². The first kappa shape index (κ1) is 21.7. The SMILES string of the molecule is COc1c(C(=O)Nc2cccc([C@H](C)Sc3nncn3C)c2)cccc1C(F)(F)F. The summed E-state index contributed by atoms with van der Waals surface area (Å²) < 4.78 is 46.3. The van der Waals surface area contributed by atoms with Gasteiger partial charge < -0.3 is 14.6 Å². The van der Waals surface area contributed by atoms with E-state index >= 15 is 0 Å². The maximum Gasteiger partial charge on any atom is 0.419 e. The van der Waals surface area contributed by atoms with Crippen molar-refractivity contribution in [3.05, 3.63) is 65.5 Å². The van der Waals surface area contributed by atoms with Crippen molar-refractivity contribution in [2.45, 2.75) is 23.5 Å². The third-order valence-corrected chi connectivity index (χ3v) is 5.54. The molecule has 10 heteroatoms. The quantitative estimate of drug-likeness (QED) is 0.554. The number of para-hydroxylation sites is 1. The molecule has 1 atom stereocenters. The molecule has 0 bridgehead atoms. The average molecular weight is 436 g/mol. The van der Waals surface area contributed by atoms with Crippen molar-refractivity contribution in [3.8, 4) is 5.75 Å². The standard InChI is InChI=1S/C20H19F3N4O2S/c1-12(30-19-26-24-11-27(19)2)13-6-4-7-14(10-13)25-18(28)15-8-5-9-16(17(15)29-3)20(21,22)23/h4-12H,1-3H3,(H,25,28)/t12-/m0/s1. The molecule has 0 aliphatic rings. The molecule has 0 fully saturated rings. The Morgan fingerprint density at radius 1 is 1.23 bits per heavy atom. The van der Waals surface area contributed by atoms with Crippen molar-refractivity contribution < 1.29 is 22.7 Å². The molecule has 1 amide bonds. The number of carbonyl (C=O) groups is 1. The summed E-state index contributed by atoms with van der Waals surface area (Å²) >= 11 is 1.50. The predicted octanol–water partition coefficient (Wildman–Crippen LogP) is 4.95. The highest BCUT2D eigenvalue weighted by Crippen LogP contribution is 2.38. The van der Waals surface area contributed by atoms with Gasteiger partial charge in [-0.25, -0.2) is 0 Å². The van der Waals surface area contributed by atoms with E-state index in [0.29, 0.717) is 5.69 Å². The maximum absolute atomic E-state index is 13.2. The highest BCUT2D eigenvalue weighted by molar-refractivity contribution is 7.99. The van der Waals surface area contributed by atoms with Gasteiger partial charge in [-0.05, 0) is 36.8 Å². The molecule has 3 rings (SSSR count). The van der Waals surface area contributed by atoms with Gasteiger partial charge in [0, 0.05) is 18.0 Å². The van der Waals surface area contributed by atoms with E-state index in [9.17, 15) is 18.0 Å². The van der Waals surface area contributed by atoms with E-state index in [1.165, 1.54) is 23.9 Å². The van der Waals surface area contributed by atoms with Crippen LogP contribution in [0.25, 0.3) is 0 Å². The van der Waals surface area contributed by atoms with Gasteiger partial charge in [0.25, 0.3) is 5.91 Å². The van der Waals surface area contributed by atoms with Crippen LogP contribution in [0.5, 0.6) is 5.75 Å². The lowest BCUT2D eigenvalue weighted by molar-refractivity contribution is -0.138. The number of aryl methyl sites for hydroxylation is 1. The minimum atomic E-state index is -4.63. The van der Waals surface area contributed by atoms with Crippen molar-refractivity contribution >= 4 is 23.4 Å². The van der Waals surface area contributed by atoms with Crippen LogP contribution < -0.4 is 10.1 Å². The molecule has 158 valence electrons. The zero-order chi connectivity index (χ0) is 21.9. The Hall–Kier alpha value is -3.01. The lowest BCUT2D eigenvalue weighted by Crippen LogP contribution is -2.16. The van der Waals surface area contributed by atoms with E-state index in [4.69, 9.17) is 4.74 Å². The summed E-state index contributed by atoms with van der Waals surface area (Å²) in [4.78, 5) is 12.7. The van der Waals surface area contributed by atoms with Gasteiger partial charge in [0.2, 0.25) is 0 Å². The lowest BCUT2D eigenvalue weighted by atomic mass is 10.1. The van der Waals surface area contributed by atoms with Crippen LogP contribution in [0.4, 0.5) is 18.9 Å². The van der Waals surface area contributed by atoms with Gasteiger partial charge >= 0.3 is 6.18 Å². The third kappa shape index (κ3) is 4.76. The van der Waals surface area contributed by atoms with E-state index in [1.807, 2.05) is 20.0 Å². The number of amides is 1. The average Bonchev–Trinajstić information content (AvgIpc) is 3.11. The number of nitrogens with zero attached hydrogens (tertiary/aromatic N) is 3. The number of carbonyl (C=O) groups excluding carboxylic acids is 1. The Kier molecular flexibility index (Phi) is 6.35. The van der Waals surface area contributed by atoms with Crippen molar-refractivity contribution in [3.63, 3.8) is 0 Å². The number of alkyl halides is 3. The normalized spacial score (nSPS) is 12.5. The largest absolute Gasteiger partial charge is 0.495 e. The molecule has 0 saturated heterocycles. The monoisotopic (exact) mass is 436 g/mol. The molecule has 6 nitrogen and oxygen atoms in total. The van der Waals surface area contributed by atoms with Gasteiger partial charge in [-0.2, -0.15) is 13.2 Å². The summed E-state index contributed by atoms with van der Waals surface area (Å²) in [5.41, 5.74) is 0.179. The Morgan fingerprint density at radius 2 is 1.97 bits per heavy atom. The Balaban J connectivity index is 1.81. The number of nitrogens with one attached hydrogen (secondary N) is 1. The van der Waals surface area contributed by atoms with Gasteiger partial charge in [0.15, 0.2) is 5.16 Å². The van der Waals surface area contributed by atoms with Crippen LogP contribution in [-0.2, 0) is 13.2 Å². The second-order valence-electron chi connectivity index (χ2n) is 6.45. The van der Waals surface area contributed by atoms with Crippen molar-refractivity contribution in [1.82, 2.24) is 14.8 Å². The first-order valence-corrected chi connectivity index (χ1v) is 9.75. The first-order chi connectivity index (χ1) is 14.2. The minimum Gasteiger partial charge on any atom is -0.495 e. The van der Waals surface area contributed by atoms with Gasteiger partial charge in [0.05, 0.1) is 18.2 Å². The summed E-state index contributed by atoms with van der Waals surface area (Å²) in [5, 5.41) is 11.3. The molecular weight excluding hydrogens is 417 g/mol. The van der Waals surface area contributed by atoms with E-state index in [1.54, 1.807) is 29.1 Å². The topological polar surface area (TPSA) is 69.0 Å². The Bertz CT molecular complexity index is 1050. The molecule has 1 heterocycles. The van der Waals surface area contributed by atoms with Gasteiger partial charge in [-0.1, -0.05) is 30.0 Å². The van der Waals surface area contributed by atoms with Crippen LogP contribution in [0.2, 0.25) is 0 Å².